The first-order chi connectivity index (χ1) is 14.5. The first kappa shape index (κ1) is 19.8. The number of hydrogen-bond acceptors (Lipinski definition) is 6. The number of benzene rings is 2. The standard InChI is InChI=1S/C23H22N2O5/c1-14-4-9-18-17(12-14)20-21(19(24-18)13-28-2)23(27)25(22(20)26)10-11-30-16-7-5-15(29-3)6-8-16/h4-9,12H,10-11,13H2,1-3H3. The van der Waals surface area contributed by atoms with E-state index in [0.717, 1.165) is 11.3 Å². The number of aromatic nitrogens is 1. The lowest BCUT2D eigenvalue weighted by Crippen LogP contribution is -2.33. The molecule has 2 heterocycles. The number of rotatable bonds is 7. The van der Waals surface area contributed by atoms with Crippen molar-refractivity contribution in [1.82, 2.24) is 9.88 Å². The lowest BCUT2D eigenvalue weighted by atomic mass is 10.0. The van der Waals surface area contributed by atoms with E-state index in [9.17, 15) is 9.59 Å². The van der Waals surface area contributed by atoms with Gasteiger partial charge in [-0.25, -0.2) is 4.98 Å². The summed E-state index contributed by atoms with van der Waals surface area (Å²) >= 11 is 0. The van der Waals surface area contributed by atoms with E-state index in [1.165, 1.54) is 12.0 Å². The zero-order valence-electron chi connectivity index (χ0n) is 17.1. The number of hydrogen-bond donors (Lipinski definition) is 0. The predicted molar refractivity (Wildman–Crippen MR) is 111 cm³/mol. The summed E-state index contributed by atoms with van der Waals surface area (Å²) in [5.41, 5.74) is 2.85. The second-order valence-corrected chi connectivity index (χ2v) is 7.05. The zero-order chi connectivity index (χ0) is 21.3. The van der Waals surface area contributed by atoms with Crippen LogP contribution in [0.1, 0.15) is 32.0 Å². The van der Waals surface area contributed by atoms with Crippen LogP contribution < -0.4 is 9.47 Å². The molecule has 4 rings (SSSR count). The monoisotopic (exact) mass is 406 g/mol. The van der Waals surface area contributed by atoms with Gasteiger partial charge in [-0.2, -0.15) is 0 Å². The van der Waals surface area contributed by atoms with Crippen LogP contribution in [0.4, 0.5) is 0 Å². The molecule has 2 aromatic carbocycles. The van der Waals surface area contributed by atoms with Crippen molar-refractivity contribution in [2.75, 3.05) is 27.4 Å². The number of carbonyl (C=O) groups excluding carboxylic acids is 2. The Kier molecular flexibility index (Phi) is 5.37. The largest absolute Gasteiger partial charge is 0.497 e. The molecule has 3 aromatic rings. The Morgan fingerprint density at radius 3 is 2.33 bits per heavy atom. The molecule has 1 aliphatic rings. The minimum Gasteiger partial charge on any atom is -0.497 e. The number of carbonyl (C=O) groups is 2. The Morgan fingerprint density at radius 2 is 1.63 bits per heavy atom. The highest BCUT2D eigenvalue weighted by molar-refractivity contribution is 6.26. The average molecular weight is 406 g/mol. The summed E-state index contributed by atoms with van der Waals surface area (Å²) < 4.78 is 16.1. The molecule has 0 fully saturated rings. The second kappa shape index (κ2) is 8.12. The topological polar surface area (TPSA) is 78.0 Å². The van der Waals surface area contributed by atoms with Crippen LogP contribution >= 0.6 is 0 Å². The van der Waals surface area contributed by atoms with Crippen molar-refractivity contribution in [2.45, 2.75) is 13.5 Å². The van der Waals surface area contributed by atoms with Gasteiger partial charge in [0.05, 0.1) is 42.6 Å². The molecule has 0 atom stereocenters. The number of nitrogens with zero attached hydrogens (tertiary/aromatic N) is 2. The Morgan fingerprint density at radius 1 is 0.933 bits per heavy atom. The molecule has 0 saturated heterocycles. The predicted octanol–water partition coefficient (Wildman–Crippen LogP) is 3.37. The van der Waals surface area contributed by atoms with Gasteiger partial charge in [-0.1, -0.05) is 11.6 Å². The molecule has 2 amide bonds. The van der Waals surface area contributed by atoms with Gasteiger partial charge in [0, 0.05) is 12.5 Å². The van der Waals surface area contributed by atoms with Crippen LogP contribution in [0, 0.1) is 6.92 Å². The lowest BCUT2D eigenvalue weighted by Gasteiger charge is -2.14. The maximum Gasteiger partial charge on any atom is 0.263 e. The van der Waals surface area contributed by atoms with E-state index in [4.69, 9.17) is 14.2 Å². The number of aryl methyl sites for hydroxylation is 1. The van der Waals surface area contributed by atoms with E-state index in [2.05, 4.69) is 4.98 Å². The highest BCUT2D eigenvalue weighted by Gasteiger charge is 2.39. The van der Waals surface area contributed by atoms with Crippen molar-refractivity contribution in [3.63, 3.8) is 0 Å². The third-order valence-corrected chi connectivity index (χ3v) is 5.06. The molecule has 0 saturated carbocycles. The molecule has 7 heteroatoms. The normalized spacial score (nSPS) is 13.1. The number of pyridine rings is 1. The second-order valence-electron chi connectivity index (χ2n) is 7.05. The van der Waals surface area contributed by atoms with E-state index < -0.39 is 0 Å². The minimum absolute atomic E-state index is 0.137. The molecule has 154 valence electrons. The Labute approximate surface area is 174 Å². The van der Waals surface area contributed by atoms with Crippen molar-refractivity contribution in [1.29, 1.82) is 0 Å². The van der Waals surface area contributed by atoms with E-state index in [1.807, 2.05) is 25.1 Å². The third-order valence-electron chi connectivity index (χ3n) is 5.06. The number of imide groups is 1. The van der Waals surface area contributed by atoms with Gasteiger partial charge in [0.1, 0.15) is 18.1 Å². The highest BCUT2D eigenvalue weighted by Crippen LogP contribution is 2.32. The summed E-state index contributed by atoms with van der Waals surface area (Å²) in [4.78, 5) is 32.1. The summed E-state index contributed by atoms with van der Waals surface area (Å²) in [7, 11) is 3.13. The minimum atomic E-state index is -0.365. The van der Waals surface area contributed by atoms with Crippen LogP contribution in [-0.4, -0.2) is 49.1 Å². The number of amides is 2. The van der Waals surface area contributed by atoms with Crippen LogP contribution in [0.2, 0.25) is 0 Å². The molecule has 1 aliphatic heterocycles. The smallest absolute Gasteiger partial charge is 0.263 e. The van der Waals surface area contributed by atoms with Crippen LogP contribution in [0.5, 0.6) is 11.5 Å². The fourth-order valence-electron chi connectivity index (χ4n) is 3.61. The van der Waals surface area contributed by atoms with Crippen molar-refractivity contribution >= 4 is 22.7 Å². The molecule has 30 heavy (non-hydrogen) atoms. The number of fused-ring (bicyclic) bond motifs is 3. The average Bonchev–Trinajstić information content (AvgIpc) is 3.00. The van der Waals surface area contributed by atoms with Gasteiger partial charge in [0.25, 0.3) is 11.8 Å². The Hall–Kier alpha value is -3.45. The first-order valence-electron chi connectivity index (χ1n) is 9.58. The van der Waals surface area contributed by atoms with E-state index >= 15 is 0 Å². The highest BCUT2D eigenvalue weighted by atomic mass is 16.5. The fourth-order valence-corrected chi connectivity index (χ4v) is 3.61. The number of ether oxygens (including phenoxy) is 3. The Bertz CT molecular complexity index is 1120. The van der Waals surface area contributed by atoms with Crippen LogP contribution in [0.15, 0.2) is 42.5 Å². The zero-order valence-corrected chi connectivity index (χ0v) is 17.1. The van der Waals surface area contributed by atoms with E-state index in [0.29, 0.717) is 33.5 Å². The van der Waals surface area contributed by atoms with Crippen molar-refractivity contribution in [3.05, 3.63) is 64.8 Å². The third kappa shape index (κ3) is 3.48. The summed E-state index contributed by atoms with van der Waals surface area (Å²) in [6.07, 6.45) is 0. The quantitative estimate of drug-likeness (QED) is 0.560. The summed E-state index contributed by atoms with van der Waals surface area (Å²) in [5.74, 6) is 0.665. The van der Waals surface area contributed by atoms with E-state index in [1.54, 1.807) is 31.4 Å². The molecule has 0 spiro atoms. The summed E-state index contributed by atoms with van der Waals surface area (Å²) in [6.45, 7) is 2.41. The molecule has 0 N–H and O–H groups in total. The molecule has 0 bridgehead atoms. The fraction of sp³-hybridized carbons (Fsp3) is 0.261. The van der Waals surface area contributed by atoms with Crippen LogP contribution in [0.3, 0.4) is 0 Å². The van der Waals surface area contributed by atoms with Gasteiger partial charge in [0.15, 0.2) is 0 Å². The molecular weight excluding hydrogens is 384 g/mol. The lowest BCUT2D eigenvalue weighted by molar-refractivity contribution is 0.0630. The molecule has 1 aromatic heterocycles. The molecule has 0 aliphatic carbocycles. The maximum absolute atomic E-state index is 13.2. The van der Waals surface area contributed by atoms with Gasteiger partial charge in [-0.3, -0.25) is 14.5 Å². The van der Waals surface area contributed by atoms with E-state index in [-0.39, 0.29) is 31.6 Å². The number of methoxy groups -OCH3 is 2. The van der Waals surface area contributed by atoms with Crippen LogP contribution in [0.25, 0.3) is 10.9 Å². The summed E-state index contributed by atoms with van der Waals surface area (Å²) in [6, 6.07) is 12.8. The van der Waals surface area contributed by atoms with Crippen molar-refractivity contribution in [3.8, 4) is 11.5 Å². The molecule has 7 nitrogen and oxygen atoms in total. The van der Waals surface area contributed by atoms with Gasteiger partial charge in [0.2, 0.25) is 0 Å². The molecule has 0 radical (unpaired) electrons. The Balaban J connectivity index is 1.60. The van der Waals surface area contributed by atoms with Gasteiger partial charge in [-0.05, 0) is 43.3 Å². The van der Waals surface area contributed by atoms with Crippen molar-refractivity contribution < 1.29 is 23.8 Å². The van der Waals surface area contributed by atoms with Crippen molar-refractivity contribution in [2.24, 2.45) is 0 Å². The SMILES string of the molecule is COCc1nc2ccc(C)cc2c2c1C(=O)N(CCOc1ccc(OC)cc1)C2=O. The maximum atomic E-state index is 13.2. The van der Waals surface area contributed by atoms with Gasteiger partial charge < -0.3 is 14.2 Å². The van der Waals surface area contributed by atoms with Crippen LogP contribution in [-0.2, 0) is 11.3 Å². The summed E-state index contributed by atoms with van der Waals surface area (Å²) in [5, 5.41) is 0.682. The van der Waals surface area contributed by atoms with Gasteiger partial charge in [-0.15, -0.1) is 0 Å². The first-order valence-corrected chi connectivity index (χ1v) is 9.58. The molecule has 0 unspecified atom stereocenters. The molecular formula is C23H22N2O5. The van der Waals surface area contributed by atoms with Gasteiger partial charge >= 0.3 is 0 Å².